The van der Waals surface area contributed by atoms with E-state index in [0.29, 0.717) is 0 Å². The summed E-state index contributed by atoms with van der Waals surface area (Å²) in [5, 5.41) is 4.64. The van der Waals surface area contributed by atoms with Crippen molar-refractivity contribution in [1.82, 2.24) is 19.3 Å². The van der Waals surface area contributed by atoms with Gasteiger partial charge in [-0.25, -0.2) is 4.98 Å². The molecule has 0 saturated heterocycles. The Morgan fingerprint density at radius 3 is 2.68 bits per heavy atom. The lowest BCUT2D eigenvalue weighted by atomic mass is 10.1. The fourth-order valence-electron chi connectivity index (χ4n) is 2.35. The smallest absolute Gasteiger partial charge is 0.139 e. The van der Waals surface area contributed by atoms with Crippen molar-refractivity contribution in [3.05, 3.63) is 60.6 Å². The highest BCUT2D eigenvalue weighted by molar-refractivity contribution is 5.67. The van der Waals surface area contributed by atoms with Crippen molar-refractivity contribution >= 4 is 0 Å². The zero-order valence-electron chi connectivity index (χ0n) is 13.2. The molecule has 3 aromatic rings. The number of rotatable bonds is 4. The average Bonchev–Trinajstić information content (AvgIpc) is 3.14. The summed E-state index contributed by atoms with van der Waals surface area (Å²) in [6.45, 7) is 5.00. The quantitative estimate of drug-likeness (QED) is 0.683. The Morgan fingerprint density at radius 1 is 1.14 bits per heavy atom. The summed E-state index contributed by atoms with van der Waals surface area (Å²) in [5.41, 5.74) is 4.49. The molecule has 0 amide bonds. The zero-order chi connectivity index (χ0) is 15.5. The topological polar surface area (TPSA) is 35.6 Å². The minimum absolute atomic E-state index is 0.807. The average molecular weight is 292 g/mol. The monoisotopic (exact) mass is 292 g/mol. The van der Waals surface area contributed by atoms with Gasteiger partial charge < -0.3 is 4.57 Å². The second kappa shape index (κ2) is 6.02. The fourth-order valence-corrected chi connectivity index (χ4v) is 2.35. The molecule has 0 N–H and O–H groups in total. The standard InChI is InChI=1S/C18H20N4/c1-14(2)7-10-22-11-8-17(20-22)15-5-4-6-16(13-15)18-19-9-12-21(18)3/h4-9,11-13H,10H2,1-3H3. The first-order valence-corrected chi connectivity index (χ1v) is 7.38. The Hall–Kier alpha value is -2.62. The van der Waals surface area contributed by atoms with Gasteiger partial charge in [-0.1, -0.05) is 29.8 Å². The predicted molar refractivity (Wildman–Crippen MR) is 89.3 cm³/mol. The largest absolute Gasteiger partial charge is 0.334 e. The minimum Gasteiger partial charge on any atom is -0.334 e. The molecule has 4 heteroatoms. The van der Waals surface area contributed by atoms with Crippen molar-refractivity contribution < 1.29 is 0 Å². The summed E-state index contributed by atoms with van der Waals surface area (Å²) in [6, 6.07) is 10.4. The van der Waals surface area contributed by atoms with Crippen LogP contribution in [0.4, 0.5) is 0 Å². The van der Waals surface area contributed by atoms with Crippen LogP contribution in [0.2, 0.25) is 0 Å². The molecular formula is C18H20N4. The lowest BCUT2D eigenvalue weighted by molar-refractivity contribution is 0.701. The van der Waals surface area contributed by atoms with Gasteiger partial charge in [0.1, 0.15) is 5.82 Å². The number of aryl methyl sites for hydroxylation is 1. The van der Waals surface area contributed by atoms with Crippen LogP contribution >= 0.6 is 0 Å². The third kappa shape index (κ3) is 3.01. The van der Waals surface area contributed by atoms with E-state index in [1.165, 1.54) is 5.57 Å². The van der Waals surface area contributed by atoms with Crippen LogP contribution in [-0.4, -0.2) is 19.3 Å². The molecule has 22 heavy (non-hydrogen) atoms. The molecule has 0 unspecified atom stereocenters. The highest BCUT2D eigenvalue weighted by atomic mass is 15.3. The van der Waals surface area contributed by atoms with E-state index >= 15 is 0 Å². The molecule has 0 bridgehead atoms. The molecule has 0 atom stereocenters. The second-order valence-corrected chi connectivity index (χ2v) is 5.65. The number of hydrogen-bond donors (Lipinski definition) is 0. The first-order chi connectivity index (χ1) is 10.6. The van der Waals surface area contributed by atoms with Gasteiger partial charge >= 0.3 is 0 Å². The number of nitrogens with zero attached hydrogens (tertiary/aromatic N) is 4. The summed E-state index contributed by atoms with van der Waals surface area (Å²) in [5.74, 6) is 0.964. The SMILES string of the molecule is CC(C)=CCn1ccc(-c2cccc(-c3nccn3C)c2)n1. The van der Waals surface area contributed by atoms with Gasteiger partial charge in [0.2, 0.25) is 0 Å². The van der Waals surface area contributed by atoms with E-state index in [9.17, 15) is 0 Å². The zero-order valence-corrected chi connectivity index (χ0v) is 13.2. The van der Waals surface area contributed by atoms with E-state index in [1.807, 2.05) is 34.9 Å². The van der Waals surface area contributed by atoms with Gasteiger partial charge in [-0.3, -0.25) is 4.68 Å². The number of imidazole rings is 1. The Morgan fingerprint density at radius 2 is 1.95 bits per heavy atom. The van der Waals surface area contributed by atoms with Gasteiger partial charge in [0.05, 0.1) is 12.2 Å². The summed E-state index contributed by atoms with van der Waals surface area (Å²) in [7, 11) is 2.00. The number of hydrogen-bond acceptors (Lipinski definition) is 2. The van der Waals surface area contributed by atoms with Crippen molar-refractivity contribution in [2.24, 2.45) is 7.05 Å². The van der Waals surface area contributed by atoms with Gasteiger partial charge in [-0.2, -0.15) is 5.10 Å². The molecule has 0 aliphatic rings. The van der Waals surface area contributed by atoms with E-state index in [-0.39, 0.29) is 0 Å². The maximum Gasteiger partial charge on any atom is 0.139 e. The maximum atomic E-state index is 4.64. The molecule has 4 nitrogen and oxygen atoms in total. The molecule has 112 valence electrons. The summed E-state index contributed by atoms with van der Waals surface area (Å²) in [6.07, 6.45) is 7.95. The minimum atomic E-state index is 0.807. The Labute approximate surface area is 130 Å². The molecule has 0 fully saturated rings. The van der Waals surface area contributed by atoms with Gasteiger partial charge in [-0.05, 0) is 26.0 Å². The predicted octanol–water partition coefficient (Wildman–Crippen LogP) is 3.92. The van der Waals surface area contributed by atoms with Crippen LogP contribution in [0.5, 0.6) is 0 Å². The summed E-state index contributed by atoms with van der Waals surface area (Å²) < 4.78 is 3.97. The molecule has 0 aliphatic carbocycles. The lowest BCUT2D eigenvalue weighted by Crippen LogP contribution is -1.96. The van der Waals surface area contributed by atoms with Crippen LogP contribution in [0.25, 0.3) is 22.6 Å². The van der Waals surface area contributed by atoms with Gasteiger partial charge in [-0.15, -0.1) is 0 Å². The normalized spacial score (nSPS) is 10.7. The van der Waals surface area contributed by atoms with E-state index in [0.717, 1.165) is 29.2 Å². The molecule has 0 radical (unpaired) electrons. The van der Waals surface area contributed by atoms with E-state index in [2.05, 4.69) is 60.3 Å². The van der Waals surface area contributed by atoms with Gasteiger partial charge in [0.25, 0.3) is 0 Å². The van der Waals surface area contributed by atoms with E-state index < -0.39 is 0 Å². The highest BCUT2D eigenvalue weighted by Crippen LogP contribution is 2.24. The van der Waals surface area contributed by atoms with Crippen molar-refractivity contribution in [3.8, 4) is 22.6 Å². The molecule has 0 aliphatic heterocycles. The molecule has 2 heterocycles. The summed E-state index contributed by atoms with van der Waals surface area (Å²) >= 11 is 0. The van der Waals surface area contributed by atoms with Crippen LogP contribution < -0.4 is 0 Å². The van der Waals surface area contributed by atoms with Crippen LogP contribution in [0, 0.1) is 0 Å². The Balaban J connectivity index is 1.90. The van der Waals surface area contributed by atoms with Gasteiger partial charge in [0.15, 0.2) is 0 Å². The maximum absolute atomic E-state index is 4.64. The third-order valence-electron chi connectivity index (χ3n) is 3.56. The Bertz CT molecular complexity index is 804. The van der Waals surface area contributed by atoms with Crippen LogP contribution in [0.1, 0.15) is 13.8 Å². The number of allylic oxidation sites excluding steroid dienone is 2. The lowest BCUT2D eigenvalue weighted by Gasteiger charge is -2.04. The second-order valence-electron chi connectivity index (χ2n) is 5.65. The van der Waals surface area contributed by atoms with Crippen LogP contribution in [0.3, 0.4) is 0 Å². The molecule has 1 aromatic carbocycles. The highest BCUT2D eigenvalue weighted by Gasteiger charge is 2.07. The molecule has 0 saturated carbocycles. The summed E-state index contributed by atoms with van der Waals surface area (Å²) in [4.78, 5) is 4.40. The Kier molecular flexibility index (Phi) is 3.92. The molecule has 0 spiro atoms. The molecule has 2 aromatic heterocycles. The first kappa shape index (κ1) is 14.3. The van der Waals surface area contributed by atoms with Crippen LogP contribution in [-0.2, 0) is 13.6 Å². The molecule has 3 rings (SSSR count). The van der Waals surface area contributed by atoms with Gasteiger partial charge in [0, 0.05) is 36.8 Å². The van der Waals surface area contributed by atoms with Crippen molar-refractivity contribution in [3.63, 3.8) is 0 Å². The van der Waals surface area contributed by atoms with Crippen molar-refractivity contribution in [2.75, 3.05) is 0 Å². The number of benzene rings is 1. The molecular weight excluding hydrogens is 272 g/mol. The van der Waals surface area contributed by atoms with E-state index in [1.54, 1.807) is 0 Å². The third-order valence-corrected chi connectivity index (χ3v) is 3.56. The van der Waals surface area contributed by atoms with Crippen molar-refractivity contribution in [2.45, 2.75) is 20.4 Å². The van der Waals surface area contributed by atoms with E-state index in [4.69, 9.17) is 0 Å². The fraction of sp³-hybridized carbons (Fsp3) is 0.222. The van der Waals surface area contributed by atoms with Crippen LogP contribution in [0.15, 0.2) is 60.6 Å². The van der Waals surface area contributed by atoms with Crippen molar-refractivity contribution in [1.29, 1.82) is 0 Å². The number of aromatic nitrogens is 4. The first-order valence-electron chi connectivity index (χ1n) is 7.38.